The Morgan fingerprint density at radius 2 is 2.12 bits per heavy atom. The van der Waals surface area contributed by atoms with Gasteiger partial charge in [-0.15, -0.1) is 0 Å². The highest BCUT2D eigenvalue weighted by atomic mass is 16.5. The lowest BCUT2D eigenvalue weighted by Crippen LogP contribution is -2.40. The molecule has 1 amide bonds. The molecule has 0 saturated carbocycles. The number of amides is 1. The molecular weight excluding hydrogens is 300 g/mol. The zero-order valence-corrected chi connectivity index (χ0v) is 15.4. The quantitative estimate of drug-likeness (QED) is 0.742. The Morgan fingerprint density at radius 1 is 1.38 bits per heavy atom. The number of nitrogens with zero attached hydrogens (tertiary/aromatic N) is 1. The average Bonchev–Trinajstić information content (AvgIpc) is 2.58. The Bertz CT molecular complexity index is 510. The van der Waals surface area contributed by atoms with Crippen LogP contribution in [-0.2, 0) is 4.79 Å². The Hall–Kier alpha value is -1.55. The van der Waals surface area contributed by atoms with Gasteiger partial charge in [-0.25, -0.2) is 0 Å². The van der Waals surface area contributed by atoms with Gasteiger partial charge in [0.2, 0.25) is 0 Å². The van der Waals surface area contributed by atoms with Crippen LogP contribution in [0.1, 0.15) is 45.1 Å². The van der Waals surface area contributed by atoms with E-state index in [4.69, 9.17) is 4.74 Å². The van der Waals surface area contributed by atoms with Crippen molar-refractivity contribution < 1.29 is 9.53 Å². The van der Waals surface area contributed by atoms with Crippen molar-refractivity contribution in [3.05, 3.63) is 29.8 Å². The average molecular weight is 332 g/mol. The van der Waals surface area contributed by atoms with Crippen molar-refractivity contribution in [1.82, 2.24) is 10.2 Å². The highest BCUT2D eigenvalue weighted by molar-refractivity contribution is 5.81. The molecule has 0 bridgehead atoms. The van der Waals surface area contributed by atoms with Crippen LogP contribution in [0.3, 0.4) is 0 Å². The van der Waals surface area contributed by atoms with Gasteiger partial charge in [-0.2, -0.15) is 0 Å². The number of hydrogen-bond acceptors (Lipinski definition) is 3. The summed E-state index contributed by atoms with van der Waals surface area (Å²) in [4.78, 5) is 14.8. The summed E-state index contributed by atoms with van der Waals surface area (Å²) in [5, 5.41) is 3.03. The molecule has 1 N–H and O–H groups in total. The van der Waals surface area contributed by atoms with Crippen LogP contribution in [0.15, 0.2) is 24.3 Å². The van der Waals surface area contributed by atoms with Gasteiger partial charge in [0.25, 0.3) is 5.91 Å². The molecule has 24 heavy (non-hydrogen) atoms. The van der Waals surface area contributed by atoms with E-state index in [9.17, 15) is 4.79 Å². The Labute approximate surface area is 146 Å². The topological polar surface area (TPSA) is 41.6 Å². The number of piperidine rings is 1. The summed E-state index contributed by atoms with van der Waals surface area (Å²) < 4.78 is 5.84. The first-order valence-corrected chi connectivity index (χ1v) is 9.32. The summed E-state index contributed by atoms with van der Waals surface area (Å²) in [7, 11) is 0. The minimum Gasteiger partial charge on any atom is -0.481 e. The molecule has 4 heteroatoms. The number of carbonyl (C=O) groups is 1. The van der Waals surface area contributed by atoms with Crippen LogP contribution in [0.5, 0.6) is 5.75 Å². The summed E-state index contributed by atoms with van der Waals surface area (Å²) in [6.07, 6.45) is 3.86. The van der Waals surface area contributed by atoms with Crippen molar-refractivity contribution in [2.75, 3.05) is 26.2 Å². The maximum Gasteiger partial charge on any atom is 0.261 e. The van der Waals surface area contributed by atoms with Crippen LogP contribution in [0.2, 0.25) is 0 Å². The van der Waals surface area contributed by atoms with Crippen LogP contribution < -0.4 is 10.1 Å². The third kappa shape index (κ3) is 6.16. The molecule has 0 aromatic heterocycles. The zero-order valence-electron chi connectivity index (χ0n) is 15.4. The summed E-state index contributed by atoms with van der Waals surface area (Å²) in [6.45, 7) is 10.5. The zero-order chi connectivity index (χ0) is 17.4. The lowest BCUT2D eigenvalue weighted by atomic mass is 9.99. The van der Waals surface area contributed by atoms with Crippen molar-refractivity contribution in [3.63, 3.8) is 0 Å². The third-order valence-electron chi connectivity index (χ3n) is 4.76. The SMILES string of the molecule is CC[C@@H](Oc1cccc(C)c1)C(=O)NCCCN1CCC(C)CC1. The van der Waals surface area contributed by atoms with E-state index in [1.54, 1.807) is 0 Å². The minimum absolute atomic E-state index is 0.00808. The van der Waals surface area contributed by atoms with Crippen LogP contribution >= 0.6 is 0 Å². The molecule has 1 fully saturated rings. The van der Waals surface area contributed by atoms with Crippen LogP contribution in [0, 0.1) is 12.8 Å². The third-order valence-corrected chi connectivity index (χ3v) is 4.76. The van der Waals surface area contributed by atoms with Crippen molar-refractivity contribution in [2.45, 2.75) is 52.6 Å². The van der Waals surface area contributed by atoms with Gasteiger partial charge in [-0.05, 0) is 75.9 Å². The van der Waals surface area contributed by atoms with E-state index in [0.717, 1.165) is 36.7 Å². The van der Waals surface area contributed by atoms with Gasteiger partial charge in [0, 0.05) is 6.54 Å². The molecule has 2 rings (SSSR count). The monoisotopic (exact) mass is 332 g/mol. The van der Waals surface area contributed by atoms with E-state index >= 15 is 0 Å². The first kappa shape index (κ1) is 18.8. The fourth-order valence-electron chi connectivity index (χ4n) is 3.09. The van der Waals surface area contributed by atoms with Crippen molar-refractivity contribution in [3.8, 4) is 5.75 Å². The molecule has 134 valence electrons. The number of ether oxygens (including phenoxy) is 1. The Morgan fingerprint density at radius 3 is 2.79 bits per heavy atom. The van der Waals surface area contributed by atoms with Crippen LogP contribution in [-0.4, -0.2) is 43.1 Å². The lowest BCUT2D eigenvalue weighted by Gasteiger charge is -2.30. The van der Waals surface area contributed by atoms with Gasteiger partial charge in [0.05, 0.1) is 0 Å². The fourth-order valence-corrected chi connectivity index (χ4v) is 3.09. The van der Waals surface area contributed by atoms with E-state index < -0.39 is 6.10 Å². The molecule has 1 atom stereocenters. The smallest absolute Gasteiger partial charge is 0.261 e. The van der Waals surface area contributed by atoms with E-state index in [1.165, 1.54) is 25.9 Å². The van der Waals surface area contributed by atoms with E-state index in [1.807, 2.05) is 38.1 Å². The highest BCUT2D eigenvalue weighted by Crippen LogP contribution is 2.16. The fraction of sp³-hybridized carbons (Fsp3) is 0.650. The summed E-state index contributed by atoms with van der Waals surface area (Å²) in [6, 6.07) is 7.84. The molecule has 0 spiro atoms. The number of rotatable bonds is 8. The number of aryl methyl sites for hydroxylation is 1. The molecule has 4 nitrogen and oxygen atoms in total. The number of carbonyl (C=O) groups excluding carboxylic acids is 1. The second-order valence-electron chi connectivity index (χ2n) is 7.00. The Kier molecular flexibility index (Phi) is 7.57. The number of hydrogen-bond donors (Lipinski definition) is 1. The predicted molar refractivity (Wildman–Crippen MR) is 98.4 cm³/mol. The molecule has 0 radical (unpaired) electrons. The molecule has 1 aliphatic heterocycles. The second-order valence-corrected chi connectivity index (χ2v) is 7.00. The Balaban J connectivity index is 1.68. The number of benzene rings is 1. The summed E-state index contributed by atoms with van der Waals surface area (Å²) in [5.74, 6) is 1.62. The first-order chi connectivity index (χ1) is 11.6. The van der Waals surface area contributed by atoms with Crippen molar-refractivity contribution in [1.29, 1.82) is 0 Å². The maximum absolute atomic E-state index is 12.3. The summed E-state index contributed by atoms with van der Waals surface area (Å²) in [5.41, 5.74) is 1.14. The summed E-state index contributed by atoms with van der Waals surface area (Å²) >= 11 is 0. The lowest BCUT2D eigenvalue weighted by molar-refractivity contribution is -0.128. The van der Waals surface area contributed by atoms with Gasteiger partial charge in [-0.1, -0.05) is 26.0 Å². The van der Waals surface area contributed by atoms with Gasteiger partial charge < -0.3 is 15.0 Å². The van der Waals surface area contributed by atoms with E-state index in [-0.39, 0.29) is 5.91 Å². The molecular formula is C20H32N2O2. The van der Waals surface area contributed by atoms with Gasteiger partial charge in [0.1, 0.15) is 5.75 Å². The van der Waals surface area contributed by atoms with Crippen molar-refractivity contribution >= 4 is 5.91 Å². The second kappa shape index (κ2) is 9.67. The molecule has 1 aromatic carbocycles. The molecule has 1 aliphatic rings. The van der Waals surface area contributed by atoms with E-state index in [0.29, 0.717) is 6.42 Å². The van der Waals surface area contributed by atoms with Gasteiger partial charge in [-0.3, -0.25) is 4.79 Å². The highest BCUT2D eigenvalue weighted by Gasteiger charge is 2.18. The van der Waals surface area contributed by atoms with Crippen LogP contribution in [0.4, 0.5) is 0 Å². The largest absolute Gasteiger partial charge is 0.481 e. The number of likely N-dealkylation sites (tertiary alicyclic amines) is 1. The maximum atomic E-state index is 12.3. The van der Waals surface area contributed by atoms with Gasteiger partial charge in [0.15, 0.2) is 6.10 Å². The predicted octanol–water partition coefficient (Wildman–Crippen LogP) is 3.39. The normalized spacial score (nSPS) is 17.5. The molecule has 1 saturated heterocycles. The van der Waals surface area contributed by atoms with Crippen LogP contribution in [0.25, 0.3) is 0 Å². The van der Waals surface area contributed by atoms with Gasteiger partial charge >= 0.3 is 0 Å². The minimum atomic E-state index is -0.414. The standard InChI is InChI=1S/C20H32N2O2/c1-4-19(24-18-8-5-7-17(3)15-18)20(23)21-11-6-12-22-13-9-16(2)10-14-22/h5,7-8,15-16,19H,4,6,9-14H2,1-3H3,(H,21,23)/t19-/m1/s1. The molecule has 1 heterocycles. The first-order valence-electron chi connectivity index (χ1n) is 9.32. The molecule has 0 aliphatic carbocycles. The van der Waals surface area contributed by atoms with Crippen molar-refractivity contribution in [2.24, 2.45) is 5.92 Å². The molecule has 1 aromatic rings. The number of nitrogens with one attached hydrogen (secondary N) is 1. The molecule has 0 unspecified atom stereocenters. The van der Waals surface area contributed by atoms with E-state index in [2.05, 4.69) is 17.1 Å².